The maximum absolute atomic E-state index is 9.57. The van der Waals surface area contributed by atoms with Gasteiger partial charge in [0.2, 0.25) is 0 Å². The lowest BCUT2D eigenvalue weighted by atomic mass is 10.2. The highest BCUT2D eigenvalue weighted by Gasteiger charge is 2.06. The Balaban J connectivity index is 2.04. The fourth-order valence-corrected chi connectivity index (χ4v) is 1.65. The fraction of sp³-hybridized carbons (Fsp3) is 0.357. The molecule has 0 unspecified atom stereocenters. The Hall–Kier alpha value is -1.97. The summed E-state index contributed by atoms with van der Waals surface area (Å²) in [5.41, 5.74) is 1.63. The van der Waals surface area contributed by atoms with E-state index >= 15 is 0 Å². The maximum atomic E-state index is 9.57. The first-order valence-corrected chi connectivity index (χ1v) is 6.03. The lowest BCUT2D eigenvalue weighted by Gasteiger charge is -2.09. The molecule has 0 amide bonds. The highest BCUT2D eigenvalue weighted by Crippen LogP contribution is 2.26. The molecule has 96 valence electrons. The van der Waals surface area contributed by atoms with Crippen LogP contribution in [-0.4, -0.2) is 14.9 Å². The normalized spacial score (nSPS) is 10.9. The lowest BCUT2D eigenvalue weighted by molar-refractivity contribution is 0.294. The molecule has 0 bridgehead atoms. The van der Waals surface area contributed by atoms with Crippen LogP contribution in [0.5, 0.6) is 11.5 Å². The van der Waals surface area contributed by atoms with Gasteiger partial charge in [-0.15, -0.1) is 0 Å². The number of benzene rings is 1. The Labute approximate surface area is 107 Å². The largest absolute Gasteiger partial charge is 0.508 e. The number of phenolic OH excluding ortho intramolecular Hbond substituents is 1. The minimum atomic E-state index is 0.250. The van der Waals surface area contributed by atoms with Crippen LogP contribution in [0.25, 0.3) is 0 Å². The highest BCUT2D eigenvalue weighted by molar-refractivity contribution is 5.42. The van der Waals surface area contributed by atoms with Crippen LogP contribution in [0.4, 0.5) is 0 Å². The van der Waals surface area contributed by atoms with Crippen molar-refractivity contribution in [2.75, 3.05) is 0 Å². The van der Waals surface area contributed by atoms with Crippen LogP contribution < -0.4 is 4.74 Å². The van der Waals surface area contributed by atoms with Gasteiger partial charge < -0.3 is 9.84 Å². The molecule has 0 aliphatic rings. The van der Waals surface area contributed by atoms with Crippen molar-refractivity contribution < 1.29 is 9.84 Å². The van der Waals surface area contributed by atoms with Crippen LogP contribution in [0.15, 0.2) is 30.5 Å². The molecule has 1 aromatic heterocycles. The third-order valence-electron chi connectivity index (χ3n) is 2.82. The van der Waals surface area contributed by atoms with Crippen molar-refractivity contribution in [2.45, 2.75) is 33.4 Å². The summed E-state index contributed by atoms with van der Waals surface area (Å²) in [6.07, 6.45) is 1.94. The van der Waals surface area contributed by atoms with Crippen LogP contribution in [0.1, 0.15) is 31.1 Å². The van der Waals surface area contributed by atoms with Gasteiger partial charge in [0, 0.05) is 17.8 Å². The van der Waals surface area contributed by atoms with E-state index in [1.54, 1.807) is 12.1 Å². The molecule has 4 heteroatoms. The van der Waals surface area contributed by atoms with Gasteiger partial charge in [0.25, 0.3) is 0 Å². The predicted molar refractivity (Wildman–Crippen MR) is 69.8 cm³/mol. The van der Waals surface area contributed by atoms with E-state index < -0.39 is 0 Å². The number of nitrogens with zero attached hydrogens (tertiary/aromatic N) is 2. The van der Waals surface area contributed by atoms with Crippen molar-refractivity contribution in [3.63, 3.8) is 0 Å². The first kappa shape index (κ1) is 12.5. The van der Waals surface area contributed by atoms with Gasteiger partial charge in [0.1, 0.15) is 18.1 Å². The number of ether oxygens (including phenoxy) is 1. The summed E-state index contributed by atoms with van der Waals surface area (Å²) >= 11 is 0. The number of aromatic hydroxyl groups is 1. The second-order valence-corrected chi connectivity index (χ2v) is 4.57. The maximum Gasteiger partial charge on any atom is 0.132 e. The number of hydrogen-bond donors (Lipinski definition) is 1. The third-order valence-corrected chi connectivity index (χ3v) is 2.82. The van der Waals surface area contributed by atoms with E-state index in [0.717, 1.165) is 11.3 Å². The molecular formula is C14H18N2O2. The van der Waals surface area contributed by atoms with Gasteiger partial charge in [0.05, 0.1) is 5.69 Å². The van der Waals surface area contributed by atoms with Gasteiger partial charge in [-0.2, -0.15) is 5.10 Å². The molecular weight excluding hydrogens is 228 g/mol. The summed E-state index contributed by atoms with van der Waals surface area (Å²) in [6, 6.07) is 7.55. The van der Waals surface area contributed by atoms with E-state index in [9.17, 15) is 5.11 Å². The molecule has 1 heterocycles. The minimum absolute atomic E-state index is 0.250. The molecule has 2 rings (SSSR count). The molecule has 0 saturated heterocycles. The zero-order valence-corrected chi connectivity index (χ0v) is 10.9. The monoisotopic (exact) mass is 246 g/mol. The SMILES string of the molecule is Cc1c(O)cccc1OCc1ccn(C(C)C)n1. The van der Waals surface area contributed by atoms with E-state index in [4.69, 9.17) is 4.74 Å². The van der Waals surface area contributed by atoms with Crippen LogP contribution in [0.3, 0.4) is 0 Å². The summed E-state index contributed by atoms with van der Waals surface area (Å²) in [7, 11) is 0. The average molecular weight is 246 g/mol. The molecule has 0 spiro atoms. The van der Waals surface area contributed by atoms with Crippen molar-refractivity contribution in [2.24, 2.45) is 0 Å². The Morgan fingerprint density at radius 2 is 2.11 bits per heavy atom. The first-order chi connectivity index (χ1) is 8.58. The smallest absolute Gasteiger partial charge is 0.132 e. The molecule has 4 nitrogen and oxygen atoms in total. The number of rotatable bonds is 4. The average Bonchev–Trinajstić information content (AvgIpc) is 2.80. The van der Waals surface area contributed by atoms with Crippen molar-refractivity contribution >= 4 is 0 Å². The second kappa shape index (κ2) is 5.12. The van der Waals surface area contributed by atoms with E-state index in [1.807, 2.05) is 29.9 Å². The molecule has 0 fully saturated rings. The third kappa shape index (κ3) is 2.64. The van der Waals surface area contributed by atoms with Crippen molar-refractivity contribution in [3.05, 3.63) is 41.7 Å². The predicted octanol–water partition coefficient (Wildman–Crippen LogP) is 3.06. The van der Waals surface area contributed by atoms with Crippen LogP contribution >= 0.6 is 0 Å². The Morgan fingerprint density at radius 1 is 1.33 bits per heavy atom. The first-order valence-electron chi connectivity index (χ1n) is 6.03. The van der Waals surface area contributed by atoms with E-state index in [-0.39, 0.29) is 5.75 Å². The summed E-state index contributed by atoms with van der Waals surface area (Å²) in [6.45, 7) is 6.40. The topological polar surface area (TPSA) is 47.3 Å². The van der Waals surface area contributed by atoms with Crippen molar-refractivity contribution in [1.82, 2.24) is 9.78 Å². The van der Waals surface area contributed by atoms with Gasteiger partial charge in [-0.05, 0) is 39.0 Å². The quantitative estimate of drug-likeness (QED) is 0.901. The van der Waals surface area contributed by atoms with Gasteiger partial charge in [-0.3, -0.25) is 4.68 Å². The molecule has 0 saturated carbocycles. The summed E-state index contributed by atoms with van der Waals surface area (Å²) in [5.74, 6) is 0.939. The zero-order chi connectivity index (χ0) is 13.1. The molecule has 0 atom stereocenters. The number of phenols is 1. The summed E-state index contributed by atoms with van der Waals surface area (Å²) in [4.78, 5) is 0. The Kier molecular flexibility index (Phi) is 3.55. The molecule has 0 radical (unpaired) electrons. The molecule has 0 aliphatic heterocycles. The van der Waals surface area contributed by atoms with Crippen LogP contribution in [-0.2, 0) is 6.61 Å². The number of aromatic nitrogens is 2. The Morgan fingerprint density at radius 3 is 2.78 bits per heavy atom. The number of hydrogen-bond acceptors (Lipinski definition) is 3. The van der Waals surface area contributed by atoms with Gasteiger partial charge in [0.15, 0.2) is 0 Å². The molecule has 1 aromatic carbocycles. The zero-order valence-electron chi connectivity index (χ0n) is 10.9. The van der Waals surface area contributed by atoms with Gasteiger partial charge in [-0.1, -0.05) is 6.07 Å². The van der Waals surface area contributed by atoms with Crippen LogP contribution in [0, 0.1) is 6.92 Å². The molecule has 1 N–H and O–H groups in total. The van der Waals surface area contributed by atoms with Gasteiger partial charge in [-0.25, -0.2) is 0 Å². The minimum Gasteiger partial charge on any atom is -0.508 e. The lowest BCUT2D eigenvalue weighted by Crippen LogP contribution is -2.03. The molecule has 0 aliphatic carbocycles. The van der Waals surface area contributed by atoms with E-state index in [0.29, 0.717) is 18.4 Å². The van der Waals surface area contributed by atoms with E-state index in [1.165, 1.54) is 0 Å². The summed E-state index contributed by atoms with van der Waals surface area (Å²) in [5, 5.41) is 14.0. The molecule has 18 heavy (non-hydrogen) atoms. The summed E-state index contributed by atoms with van der Waals surface area (Å²) < 4.78 is 7.56. The standard InChI is InChI=1S/C14H18N2O2/c1-10(2)16-8-7-12(15-16)9-18-14-6-4-5-13(17)11(14)3/h4-8,10,17H,9H2,1-3H3. The highest BCUT2D eigenvalue weighted by atomic mass is 16.5. The van der Waals surface area contributed by atoms with E-state index in [2.05, 4.69) is 18.9 Å². The molecule has 2 aromatic rings. The fourth-order valence-electron chi connectivity index (χ4n) is 1.65. The van der Waals surface area contributed by atoms with Crippen LogP contribution in [0.2, 0.25) is 0 Å². The van der Waals surface area contributed by atoms with Gasteiger partial charge >= 0.3 is 0 Å². The van der Waals surface area contributed by atoms with Crippen molar-refractivity contribution in [1.29, 1.82) is 0 Å². The second-order valence-electron chi connectivity index (χ2n) is 4.57. The Bertz CT molecular complexity index is 532. The van der Waals surface area contributed by atoms with Crippen molar-refractivity contribution in [3.8, 4) is 11.5 Å².